The summed E-state index contributed by atoms with van der Waals surface area (Å²) >= 11 is 1.39. The van der Waals surface area contributed by atoms with Crippen molar-refractivity contribution >= 4 is 33.3 Å². The van der Waals surface area contributed by atoms with Gasteiger partial charge in [-0.25, -0.2) is 0 Å². The number of hydrogen-bond donors (Lipinski definition) is 2. The van der Waals surface area contributed by atoms with E-state index in [-0.39, 0.29) is 11.9 Å². The molecule has 1 atom stereocenters. The third-order valence-corrected chi connectivity index (χ3v) is 5.79. The summed E-state index contributed by atoms with van der Waals surface area (Å²) < 4.78 is 0. The molecule has 1 saturated carbocycles. The Hall–Kier alpha value is -2.29. The summed E-state index contributed by atoms with van der Waals surface area (Å²) in [5.41, 5.74) is 0. The molecule has 0 radical (unpaired) electrons. The number of nitrogens with zero attached hydrogens (tertiary/aromatic N) is 5. The van der Waals surface area contributed by atoms with Crippen LogP contribution in [0.5, 0.6) is 0 Å². The van der Waals surface area contributed by atoms with Crippen LogP contribution in [0.1, 0.15) is 38.5 Å². The summed E-state index contributed by atoms with van der Waals surface area (Å²) in [5, 5.41) is 23.9. The Balaban J connectivity index is 1.26. The molecule has 1 aliphatic heterocycles. The third kappa shape index (κ3) is 4.27. The highest BCUT2D eigenvalue weighted by Crippen LogP contribution is 2.29. The van der Waals surface area contributed by atoms with Gasteiger partial charge in [0.05, 0.1) is 0 Å². The van der Waals surface area contributed by atoms with Gasteiger partial charge in [-0.3, -0.25) is 4.79 Å². The van der Waals surface area contributed by atoms with E-state index in [2.05, 4.69) is 35.9 Å². The molecule has 0 bridgehead atoms. The maximum Gasteiger partial charge on any atom is 0.226 e. The van der Waals surface area contributed by atoms with Crippen LogP contribution in [0.25, 0.3) is 0 Å². The second-order valence-corrected chi connectivity index (χ2v) is 7.95. The zero-order valence-corrected chi connectivity index (χ0v) is 15.4. The molecule has 4 rings (SSSR count). The summed E-state index contributed by atoms with van der Waals surface area (Å²) in [5.74, 6) is 1.48. The molecular weight excluding hydrogens is 350 g/mol. The van der Waals surface area contributed by atoms with Gasteiger partial charge in [0.2, 0.25) is 16.2 Å². The molecule has 2 aromatic rings. The lowest BCUT2D eigenvalue weighted by atomic mass is 10.0. The average Bonchev–Trinajstić information content (AvgIpc) is 3.39. The van der Waals surface area contributed by atoms with Crippen LogP contribution in [0, 0.1) is 5.92 Å². The van der Waals surface area contributed by atoms with E-state index >= 15 is 0 Å². The normalized spacial score (nSPS) is 20.5. The van der Waals surface area contributed by atoms with E-state index in [9.17, 15) is 4.79 Å². The van der Waals surface area contributed by atoms with Crippen LogP contribution in [0.3, 0.4) is 0 Å². The number of carbonyl (C=O) groups excluding carboxylic acids is 1. The number of nitrogens with one attached hydrogen (secondary N) is 2. The van der Waals surface area contributed by atoms with Crippen LogP contribution in [0.2, 0.25) is 0 Å². The maximum absolute atomic E-state index is 12.1. The minimum absolute atomic E-state index is 0.0503. The molecule has 8 nitrogen and oxygen atoms in total. The molecule has 3 heterocycles. The molecule has 2 aliphatic rings. The number of hydrogen-bond acceptors (Lipinski definition) is 8. The van der Waals surface area contributed by atoms with Gasteiger partial charge in [-0.2, -0.15) is 5.10 Å². The van der Waals surface area contributed by atoms with E-state index in [0.29, 0.717) is 17.5 Å². The number of anilines is 3. The molecule has 1 saturated heterocycles. The number of amides is 1. The average molecular weight is 373 g/mol. The van der Waals surface area contributed by atoms with Gasteiger partial charge in [0.1, 0.15) is 0 Å². The molecule has 9 heteroatoms. The Kier molecular flexibility index (Phi) is 5.24. The molecule has 0 aromatic carbocycles. The minimum atomic E-state index is 0.0503. The summed E-state index contributed by atoms with van der Waals surface area (Å²) in [7, 11) is 0. The van der Waals surface area contributed by atoms with Gasteiger partial charge in [0.15, 0.2) is 5.82 Å². The van der Waals surface area contributed by atoms with Gasteiger partial charge in [0, 0.05) is 31.7 Å². The fraction of sp³-hybridized carbons (Fsp3) is 0.588. The van der Waals surface area contributed by atoms with E-state index in [0.717, 1.165) is 30.5 Å². The van der Waals surface area contributed by atoms with Gasteiger partial charge in [0.25, 0.3) is 0 Å². The molecular formula is C17H23N7OS. The van der Waals surface area contributed by atoms with Crippen LogP contribution in [-0.2, 0) is 4.79 Å². The van der Waals surface area contributed by atoms with Crippen LogP contribution < -0.4 is 15.5 Å². The molecule has 1 amide bonds. The van der Waals surface area contributed by atoms with Crippen LogP contribution in [0.15, 0.2) is 18.3 Å². The van der Waals surface area contributed by atoms with Crippen molar-refractivity contribution in [1.82, 2.24) is 20.4 Å². The standard InChI is InChI=1S/C17H23N7OS/c25-15(10-12-4-1-2-5-12)20-17-23-22-16(26-17)19-13-7-9-24(11-13)14-6-3-8-18-21-14/h3,6,8,12-13H,1-2,4-5,7,9-11H2,(H,19,22)(H,20,23,25)/t13-/m1/s1. The quantitative estimate of drug-likeness (QED) is 0.803. The highest BCUT2D eigenvalue weighted by molar-refractivity contribution is 7.19. The SMILES string of the molecule is O=C(CC1CCCC1)Nc1nnc(N[C@@H]2CCN(c3cccnn3)C2)s1. The van der Waals surface area contributed by atoms with Crippen molar-refractivity contribution in [3.8, 4) is 0 Å². The number of aromatic nitrogens is 4. The Bertz CT molecular complexity index is 732. The number of carbonyl (C=O) groups is 1. The van der Waals surface area contributed by atoms with Crippen molar-refractivity contribution in [2.24, 2.45) is 5.92 Å². The van der Waals surface area contributed by atoms with Gasteiger partial charge in [-0.1, -0.05) is 24.2 Å². The van der Waals surface area contributed by atoms with Crippen molar-refractivity contribution < 1.29 is 4.79 Å². The summed E-state index contributed by atoms with van der Waals surface area (Å²) in [6.07, 6.45) is 8.10. The van der Waals surface area contributed by atoms with Crippen LogP contribution in [-0.4, -0.2) is 45.4 Å². The van der Waals surface area contributed by atoms with E-state index in [1.807, 2.05) is 12.1 Å². The second-order valence-electron chi connectivity index (χ2n) is 6.97. The first-order valence-corrected chi connectivity index (χ1v) is 10.0. The van der Waals surface area contributed by atoms with Crippen molar-refractivity contribution in [2.75, 3.05) is 28.6 Å². The number of rotatable bonds is 6. The maximum atomic E-state index is 12.1. The van der Waals surface area contributed by atoms with Crippen LogP contribution in [0.4, 0.5) is 16.1 Å². The summed E-state index contributed by atoms with van der Waals surface area (Å²) in [6, 6.07) is 4.15. The van der Waals surface area contributed by atoms with Crippen molar-refractivity contribution in [1.29, 1.82) is 0 Å². The molecule has 2 N–H and O–H groups in total. The molecule has 2 fully saturated rings. The molecule has 0 spiro atoms. The lowest BCUT2D eigenvalue weighted by Gasteiger charge is -2.16. The van der Waals surface area contributed by atoms with Gasteiger partial charge in [-0.15, -0.1) is 15.3 Å². The highest BCUT2D eigenvalue weighted by Gasteiger charge is 2.25. The molecule has 26 heavy (non-hydrogen) atoms. The van der Waals surface area contributed by atoms with E-state index in [1.165, 1.54) is 37.0 Å². The van der Waals surface area contributed by atoms with Crippen LogP contribution >= 0.6 is 11.3 Å². The predicted octanol–water partition coefficient (Wildman–Crippen LogP) is 2.54. The highest BCUT2D eigenvalue weighted by atomic mass is 32.1. The monoisotopic (exact) mass is 373 g/mol. The Morgan fingerprint density at radius 2 is 2.04 bits per heavy atom. The smallest absolute Gasteiger partial charge is 0.226 e. The van der Waals surface area contributed by atoms with E-state index < -0.39 is 0 Å². The first kappa shape index (κ1) is 17.1. The fourth-order valence-corrected chi connectivity index (χ4v) is 4.44. The van der Waals surface area contributed by atoms with Gasteiger partial charge >= 0.3 is 0 Å². The largest absolute Gasteiger partial charge is 0.355 e. The zero-order chi connectivity index (χ0) is 17.8. The minimum Gasteiger partial charge on any atom is -0.355 e. The first-order chi connectivity index (χ1) is 12.8. The van der Waals surface area contributed by atoms with Crippen molar-refractivity contribution in [3.05, 3.63) is 18.3 Å². The molecule has 0 unspecified atom stereocenters. The third-order valence-electron chi connectivity index (χ3n) is 5.02. The van der Waals surface area contributed by atoms with Crippen molar-refractivity contribution in [2.45, 2.75) is 44.6 Å². The van der Waals surface area contributed by atoms with E-state index in [1.54, 1.807) is 6.20 Å². The predicted molar refractivity (Wildman–Crippen MR) is 101 cm³/mol. The van der Waals surface area contributed by atoms with Gasteiger partial charge < -0.3 is 15.5 Å². The topological polar surface area (TPSA) is 95.9 Å². The fourth-order valence-electron chi connectivity index (χ4n) is 3.70. The summed E-state index contributed by atoms with van der Waals surface area (Å²) in [6.45, 7) is 1.78. The first-order valence-electron chi connectivity index (χ1n) is 9.19. The van der Waals surface area contributed by atoms with E-state index in [4.69, 9.17) is 0 Å². The van der Waals surface area contributed by atoms with Crippen molar-refractivity contribution in [3.63, 3.8) is 0 Å². The Labute approximate surface area is 156 Å². The second kappa shape index (κ2) is 7.94. The Morgan fingerprint density at radius 3 is 2.85 bits per heavy atom. The Morgan fingerprint density at radius 1 is 1.19 bits per heavy atom. The van der Waals surface area contributed by atoms with Gasteiger partial charge in [-0.05, 0) is 37.3 Å². The lowest BCUT2D eigenvalue weighted by molar-refractivity contribution is -0.117. The molecule has 1 aliphatic carbocycles. The molecule has 2 aromatic heterocycles. The lowest BCUT2D eigenvalue weighted by Crippen LogP contribution is -2.26. The zero-order valence-electron chi connectivity index (χ0n) is 14.6. The molecule has 138 valence electrons. The summed E-state index contributed by atoms with van der Waals surface area (Å²) in [4.78, 5) is 14.3.